The summed E-state index contributed by atoms with van der Waals surface area (Å²) in [7, 11) is 2.05. The van der Waals surface area contributed by atoms with Crippen molar-refractivity contribution in [1.82, 2.24) is 15.3 Å². The molecule has 0 bridgehead atoms. The highest BCUT2D eigenvalue weighted by molar-refractivity contribution is 6.28. The average molecular weight is 277 g/mol. The van der Waals surface area contributed by atoms with E-state index in [2.05, 4.69) is 27.2 Å². The van der Waals surface area contributed by atoms with Gasteiger partial charge < -0.3 is 10.2 Å². The van der Waals surface area contributed by atoms with E-state index in [0.29, 0.717) is 11.2 Å². The lowest BCUT2D eigenvalue weighted by atomic mass is 10.1. The summed E-state index contributed by atoms with van der Waals surface area (Å²) in [5.74, 6) is 1.61. The molecular weight excluding hydrogens is 259 g/mol. The molecule has 0 radical (unpaired) electrons. The standard InChI is InChI=1S/C11H17ClN4.ClH/c1-8-5-10(15-11(12)14-8)16(2)7-9-3-4-13-6-9;/h5,9,13H,3-4,6-7H2,1-2H3;1H. The Bertz CT molecular complexity index is 346. The van der Waals surface area contributed by atoms with Gasteiger partial charge in [-0.15, -0.1) is 12.4 Å². The molecule has 1 aliphatic rings. The van der Waals surface area contributed by atoms with Crippen LogP contribution in [0.15, 0.2) is 6.07 Å². The van der Waals surface area contributed by atoms with Crippen LogP contribution in [-0.4, -0.2) is 36.6 Å². The molecule has 1 fully saturated rings. The number of halogens is 2. The van der Waals surface area contributed by atoms with Gasteiger partial charge in [-0.2, -0.15) is 0 Å². The highest BCUT2D eigenvalue weighted by Crippen LogP contribution is 2.17. The lowest BCUT2D eigenvalue weighted by molar-refractivity contribution is 0.575. The van der Waals surface area contributed by atoms with Crippen molar-refractivity contribution in [2.24, 2.45) is 5.92 Å². The SMILES string of the molecule is Cc1cc(N(C)CC2CCNC2)nc(Cl)n1.Cl. The summed E-state index contributed by atoms with van der Waals surface area (Å²) < 4.78 is 0. The third kappa shape index (κ3) is 3.98. The maximum Gasteiger partial charge on any atom is 0.224 e. The predicted octanol–water partition coefficient (Wildman–Crippen LogP) is 1.91. The van der Waals surface area contributed by atoms with Crippen LogP contribution >= 0.6 is 24.0 Å². The summed E-state index contributed by atoms with van der Waals surface area (Å²) in [6.07, 6.45) is 1.24. The molecule has 1 aromatic heterocycles. The van der Waals surface area contributed by atoms with Gasteiger partial charge in [0.2, 0.25) is 5.28 Å². The first-order chi connectivity index (χ1) is 7.65. The van der Waals surface area contributed by atoms with Crippen LogP contribution in [0.5, 0.6) is 0 Å². The zero-order valence-electron chi connectivity index (χ0n) is 10.1. The monoisotopic (exact) mass is 276 g/mol. The Morgan fingerprint density at radius 3 is 2.88 bits per heavy atom. The van der Waals surface area contributed by atoms with Gasteiger partial charge in [0.1, 0.15) is 5.82 Å². The molecule has 1 aromatic rings. The van der Waals surface area contributed by atoms with E-state index in [1.54, 1.807) is 0 Å². The maximum absolute atomic E-state index is 5.85. The number of aryl methyl sites for hydroxylation is 1. The van der Waals surface area contributed by atoms with Crippen molar-refractivity contribution < 1.29 is 0 Å². The van der Waals surface area contributed by atoms with E-state index in [9.17, 15) is 0 Å². The fraction of sp³-hybridized carbons (Fsp3) is 0.636. The highest BCUT2D eigenvalue weighted by atomic mass is 35.5. The molecule has 96 valence electrons. The number of rotatable bonds is 3. The first-order valence-electron chi connectivity index (χ1n) is 5.58. The Kier molecular flexibility index (Phi) is 5.43. The molecule has 1 aliphatic heterocycles. The summed E-state index contributed by atoms with van der Waals surface area (Å²) >= 11 is 5.85. The van der Waals surface area contributed by atoms with Crippen LogP contribution < -0.4 is 10.2 Å². The van der Waals surface area contributed by atoms with E-state index in [-0.39, 0.29) is 12.4 Å². The minimum atomic E-state index is 0. The molecule has 1 unspecified atom stereocenters. The van der Waals surface area contributed by atoms with Gasteiger partial charge in [-0.1, -0.05) is 0 Å². The molecule has 17 heavy (non-hydrogen) atoms. The molecule has 0 amide bonds. The van der Waals surface area contributed by atoms with Crippen LogP contribution in [0.4, 0.5) is 5.82 Å². The van der Waals surface area contributed by atoms with Gasteiger partial charge >= 0.3 is 0 Å². The first kappa shape index (κ1) is 14.5. The van der Waals surface area contributed by atoms with Gasteiger partial charge in [0.05, 0.1) is 0 Å². The fourth-order valence-corrected chi connectivity index (χ4v) is 2.28. The van der Waals surface area contributed by atoms with Crippen LogP contribution in [0.1, 0.15) is 12.1 Å². The lowest BCUT2D eigenvalue weighted by Gasteiger charge is -2.21. The Morgan fingerprint density at radius 1 is 1.53 bits per heavy atom. The van der Waals surface area contributed by atoms with Crippen molar-refractivity contribution in [1.29, 1.82) is 0 Å². The zero-order valence-corrected chi connectivity index (χ0v) is 11.7. The molecule has 0 saturated carbocycles. The minimum absolute atomic E-state index is 0. The van der Waals surface area contributed by atoms with E-state index in [1.165, 1.54) is 6.42 Å². The number of hydrogen-bond donors (Lipinski definition) is 1. The van der Waals surface area contributed by atoms with E-state index in [0.717, 1.165) is 31.1 Å². The second-order valence-corrected chi connectivity index (χ2v) is 4.71. The second-order valence-electron chi connectivity index (χ2n) is 4.38. The van der Waals surface area contributed by atoms with Crippen LogP contribution in [0.25, 0.3) is 0 Å². The maximum atomic E-state index is 5.85. The summed E-state index contributed by atoms with van der Waals surface area (Å²) in [5.41, 5.74) is 0.909. The van der Waals surface area contributed by atoms with E-state index in [1.807, 2.05) is 13.0 Å². The summed E-state index contributed by atoms with van der Waals surface area (Å²) in [4.78, 5) is 10.5. The van der Waals surface area contributed by atoms with Crippen LogP contribution in [-0.2, 0) is 0 Å². The Labute approximate surface area is 113 Å². The normalized spacial score (nSPS) is 18.9. The molecule has 0 aromatic carbocycles. The molecular formula is C11H18Cl2N4. The molecule has 0 spiro atoms. The third-order valence-corrected chi connectivity index (χ3v) is 3.07. The third-order valence-electron chi connectivity index (χ3n) is 2.90. The lowest BCUT2D eigenvalue weighted by Crippen LogP contribution is -2.27. The van der Waals surface area contributed by atoms with Crippen molar-refractivity contribution in [2.75, 3.05) is 31.6 Å². The zero-order chi connectivity index (χ0) is 11.5. The molecule has 4 nitrogen and oxygen atoms in total. The average Bonchev–Trinajstić information content (AvgIpc) is 2.68. The smallest absolute Gasteiger partial charge is 0.224 e. The molecule has 1 atom stereocenters. The number of nitrogens with zero attached hydrogens (tertiary/aromatic N) is 3. The number of aromatic nitrogens is 2. The van der Waals surface area contributed by atoms with Gasteiger partial charge in [0.15, 0.2) is 0 Å². The van der Waals surface area contributed by atoms with Crippen LogP contribution in [0, 0.1) is 12.8 Å². The summed E-state index contributed by atoms with van der Waals surface area (Å²) in [6, 6.07) is 1.97. The second kappa shape index (κ2) is 6.38. The van der Waals surface area contributed by atoms with Gasteiger partial charge in [0, 0.05) is 25.4 Å². The van der Waals surface area contributed by atoms with E-state index < -0.39 is 0 Å². The van der Waals surface area contributed by atoms with Gasteiger partial charge in [-0.05, 0) is 44.0 Å². The van der Waals surface area contributed by atoms with Crippen molar-refractivity contribution in [3.8, 4) is 0 Å². The molecule has 0 aliphatic carbocycles. The first-order valence-corrected chi connectivity index (χ1v) is 5.96. The number of hydrogen-bond acceptors (Lipinski definition) is 4. The molecule has 1 N–H and O–H groups in total. The van der Waals surface area contributed by atoms with Crippen molar-refractivity contribution in [2.45, 2.75) is 13.3 Å². The Morgan fingerprint density at radius 2 is 2.29 bits per heavy atom. The van der Waals surface area contributed by atoms with E-state index in [4.69, 9.17) is 11.6 Å². The van der Waals surface area contributed by atoms with Gasteiger partial charge in [-0.3, -0.25) is 0 Å². The van der Waals surface area contributed by atoms with Crippen LogP contribution in [0.2, 0.25) is 5.28 Å². The number of anilines is 1. The Balaban J connectivity index is 0.00000144. The van der Waals surface area contributed by atoms with Crippen molar-refractivity contribution >= 4 is 29.8 Å². The molecule has 2 heterocycles. The summed E-state index contributed by atoms with van der Waals surface area (Å²) in [5, 5.41) is 3.69. The van der Waals surface area contributed by atoms with Crippen LogP contribution in [0.3, 0.4) is 0 Å². The minimum Gasteiger partial charge on any atom is -0.359 e. The fourth-order valence-electron chi connectivity index (χ4n) is 2.06. The number of nitrogens with one attached hydrogen (secondary N) is 1. The summed E-state index contributed by atoms with van der Waals surface area (Å²) in [6.45, 7) is 5.17. The quantitative estimate of drug-likeness (QED) is 0.857. The van der Waals surface area contributed by atoms with Crippen molar-refractivity contribution in [3.05, 3.63) is 17.0 Å². The predicted molar refractivity (Wildman–Crippen MR) is 73.3 cm³/mol. The largest absolute Gasteiger partial charge is 0.359 e. The molecule has 2 rings (SSSR count). The van der Waals surface area contributed by atoms with Gasteiger partial charge in [0.25, 0.3) is 0 Å². The van der Waals surface area contributed by atoms with Crippen molar-refractivity contribution in [3.63, 3.8) is 0 Å². The van der Waals surface area contributed by atoms with Gasteiger partial charge in [-0.25, -0.2) is 9.97 Å². The highest BCUT2D eigenvalue weighted by Gasteiger charge is 2.17. The molecule has 6 heteroatoms. The van der Waals surface area contributed by atoms with E-state index >= 15 is 0 Å². The Hall–Kier alpha value is -0.580. The topological polar surface area (TPSA) is 41.0 Å². The molecule has 1 saturated heterocycles.